The van der Waals surface area contributed by atoms with E-state index in [1.807, 2.05) is 41.5 Å². The van der Waals surface area contributed by atoms with Crippen LogP contribution in [0.25, 0.3) is 0 Å². The molecule has 2 heterocycles. The van der Waals surface area contributed by atoms with Crippen molar-refractivity contribution in [1.29, 1.82) is 0 Å². The third-order valence-corrected chi connectivity index (χ3v) is 3.15. The predicted molar refractivity (Wildman–Crippen MR) is 88.2 cm³/mol. The van der Waals surface area contributed by atoms with Crippen molar-refractivity contribution < 1.29 is 13.2 Å². The van der Waals surface area contributed by atoms with Crippen molar-refractivity contribution in [2.24, 2.45) is 0 Å². The molecule has 0 atom stereocenters. The minimum atomic E-state index is -4.55. The van der Waals surface area contributed by atoms with Crippen molar-refractivity contribution in [2.45, 2.75) is 65.2 Å². The molecule has 2 rings (SSSR count). The highest BCUT2D eigenvalue weighted by Crippen LogP contribution is 2.29. The smallest absolute Gasteiger partial charge is 0.350 e. The number of hydrogen-bond donors (Lipinski definition) is 1. The van der Waals surface area contributed by atoms with E-state index in [1.165, 1.54) is 0 Å². The van der Waals surface area contributed by atoms with Gasteiger partial charge in [0.1, 0.15) is 5.69 Å². The molecular weight excluding hydrogens is 333 g/mol. The molecule has 25 heavy (non-hydrogen) atoms. The maximum Gasteiger partial charge on any atom is 0.433 e. The molecule has 138 valence electrons. The summed E-state index contributed by atoms with van der Waals surface area (Å²) in [5, 5.41) is 10.9. The molecule has 0 aliphatic heterocycles. The highest BCUT2D eigenvalue weighted by atomic mass is 19.4. The summed E-state index contributed by atoms with van der Waals surface area (Å²) in [7, 11) is 0. The number of anilines is 1. The summed E-state index contributed by atoms with van der Waals surface area (Å²) >= 11 is 0. The zero-order valence-electron chi connectivity index (χ0n) is 15.2. The van der Waals surface area contributed by atoms with Gasteiger partial charge in [-0.05, 0) is 47.6 Å². The Morgan fingerprint density at radius 3 is 2.12 bits per heavy atom. The summed E-state index contributed by atoms with van der Waals surface area (Å²) in [6, 6.07) is 0.948. The van der Waals surface area contributed by atoms with Gasteiger partial charge in [0.05, 0.1) is 16.9 Å². The molecule has 9 heteroatoms. The lowest BCUT2D eigenvalue weighted by atomic mass is 10.1. The average Bonchev–Trinajstić information content (AvgIpc) is 2.83. The molecule has 0 spiro atoms. The molecule has 0 aliphatic carbocycles. The van der Waals surface area contributed by atoms with E-state index in [0.717, 1.165) is 6.07 Å². The van der Waals surface area contributed by atoms with Crippen molar-refractivity contribution in [1.82, 2.24) is 25.0 Å². The summed E-state index contributed by atoms with van der Waals surface area (Å²) in [4.78, 5) is 7.79. The standard InChI is InChI=1S/C16H23F3N6/c1-14(2,3)22-13-20-10(8-12(21-13)16(17,18)19)7-11-9-25(24-23-11)15(4,5)6/h8-9H,7H2,1-6H3,(H,20,21,22). The molecule has 1 N–H and O–H groups in total. The lowest BCUT2D eigenvalue weighted by Crippen LogP contribution is -2.28. The quantitative estimate of drug-likeness (QED) is 0.909. The Labute approximate surface area is 144 Å². The van der Waals surface area contributed by atoms with Crippen LogP contribution in [0.4, 0.5) is 19.1 Å². The number of halogens is 3. The number of aromatic nitrogens is 5. The number of alkyl halides is 3. The topological polar surface area (TPSA) is 68.5 Å². The fourth-order valence-corrected chi connectivity index (χ4v) is 2.02. The van der Waals surface area contributed by atoms with Crippen molar-refractivity contribution >= 4 is 5.95 Å². The van der Waals surface area contributed by atoms with Gasteiger partial charge in [-0.15, -0.1) is 5.10 Å². The Hall–Kier alpha value is -2.19. The SMILES string of the molecule is CC(C)(C)Nc1nc(Cc2cn(C(C)(C)C)nn2)cc(C(F)(F)F)n1. The van der Waals surface area contributed by atoms with Gasteiger partial charge < -0.3 is 5.32 Å². The molecule has 6 nitrogen and oxygen atoms in total. The Balaban J connectivity index is 2.36. The van der Waals surface area contributed by atoms with Crippen molar-refractivity contribution in [3.63, 3.8) is 0 Å². The van der Waals surface area contributed by atoms with Gasteiger partial charge in [0.15, 0.2) is 0 Å². The first kappa shape index (κ1) is 19.1. The van der Waals surface area contributed by atoms with Crippen LogP contribution >= 0.6 is 0 Å². The van der Waals surface area contributed by atoms with Crippen molar-refractivity contribution in [2.75, 3.05) is 5.32 Å². The van der Waals surface area contributed by atoms with E-state index in [9.17, 15) is 13.2 Å². The lowest BCUT2D eigenvalue weighted by molar-refractivity contribution is -0.141. The van der Waals surface area contributed by atoms with E-state index in [2.05, 4.69) is 25.6 Å². The minimum absolute atomic E-state index is 0.0551. The van der Waals surface area contributed by atoms with Crippen LogP contribution in [-0.2, 0) is 18.1 Å². The van der Waals surface area contributed by atoms with E-state index in [4.69, 9.17) is 0 Å². The Bertz CT molecular complexity index is 738. The van der Waals surface area contributed by atoms with E-state index in [1.54, 1.807) is 10.9 Å². The van der Waals surface area contributed by atoms with Crippen molar-refractivity contribution in [3.05, 3.63) is 29.3 Å². The Morgan fingerprint density at radius 2 is 1.64 bits per heavy atom. The van der Waals surface area contributed by atoms with Gasteiger partial charge in [0, 0.05) is 18.2 Å². The van der Waals surface area contributed by atoms with Gasteiger partial charge in [-0.3, -0.25) is 0 Å². The Morgan fingerprint density at radius 1 is 1.00 bits per heavy atom. The van der Waals surface area contributed by atoms with Crippen LogP contribution in [0.1, 0.15) is 58.6 Å². The third kappa shape index (κ3) is 5.40. The highest BCUT2D eigenvalue weighted by molar-refractivity contribution is 5.33. The zero-order chi connectivity index (χ0) is 19.0. The van der Waals surface area contributed by atoms with Crippen LogP contribution in [0.15, 0.2) is 12.3 Å². The molecule has 2 aromatic rings. The van der Waals surface area contributed by atoms with Gasteiger partial charge in [-0.2, -0.15) is 13.2 Å². The number of nitrogens with zero attached hydrogens (tertiary/aromatic N) is 5. The van der Waals surface area contributed by atoms with E-state index < -0.39 is 17.4 Å². The molecule has 2 aromatic heterocycles. The van der Waals surface area contributed by atoms with Gasteiger partial charge in [0.25, 0.3) is 0 Å². The first-order chi connectivity index (χ1) is 11.2. The molecular formula is C16H23F3N6. The number of nitrogens with one attached hydrogen (secondary N) is 1. The van der Waals surface area contributed by atoms with E-state index in [-0.39, 0.29) is 23.6 Å². The summed E-state index contributed by atoms with van der Waals surface area (Å²) in [6.45, 7) is 11.4. The first-order valence-corrected chi connectivity index (χ1v) is 7.89. The zero-order valence-corrected chi connectivity index (χ0v) is 15.2. The Kier molecular flexibility index (Phi) is 4.80. The van der Waals surface area contributed by atoms with Crippen molar-refractivity contribution in [3.8, 4) is 0 Å². The van der Waals surface area contributed by atoms with Crippen LogP contribution in [0, 0.1) is 0 Å². The van der Waals surface area contributed by atoms with Gasteiger partial charge >= 0.3 is 6.18 Å². The summed E-state index contributed by atoms with van der Waals surface area (Å²) in [6.07, 6.45) is -2.69. The summed E-state index contributed by atoms with van der Waals surface area (Å²) < 4.78 is 41.1. The largest absolute Gasteiger partial charge is 0.433 e. The maximum absolute atomic E-state index is 13.1. The van der Waals surface area contributed by atoms with E-state index >= 15 is 0 Å². The molecule has 0 radical (unpaired) electrons. The van der Waals surface area contributed by atoms with Gasteiger partial charge in [-0.1, -0.05) is 5.21 Å². The molecule has 0 amide bonds. The van der Waals surface area contributed by atoms with Crippen LogP contribution in [0.2, 0.25) is 0 Å². The lowest BCUT2D eigenvalue weighted by Gasteiger charge is -2.21. The van der Waals surface area contributed by atoms with E-state index in [0.29, 0.717) is 5.69 Å². The minimum Gasteiger partial charge on any atom is -0.350 e. The third-order valence-electron chi connectivity index (χ3n) is 3.15. The fraction of sp³-hybridized carbons (Fsp3) is 0.625. The molecule has 0 aliphatic rings. The second kappa shape index (κ2) is 6.27. The summed E-state index contributed by atoms with van der Waals surface area (Å²) in [5.41, 5.74) is -0.921. The fourth-order valence-electron chi connectivity index (χ4n) is 2.02. The first-order valence-electron chi connectivity index (χ1n) is 7.89. The van der Waals surface area contributed by atoms with Crippen LogP contribution < -0.4 is 5.32 Å². The average molecular weight is 356 g/mol. The number of hydrogen-bond acceptors (Lipinski definition) is 5. The molecule has 0 bridgehead atoms. The van der Waals surface area contributed by atoms with Gasteiger partial charge in [-0.25, -0.2) is 14.6 Å². The second-order valence-electron chi connectivity index (χ2n) is 7.94. The van der Waals surface area contributed by atoms with Crippen LogP contribution in [0.5, 0.6) is 0 Å². The normalized spacial score (nSPS) is 13.2. The molecule has 0 saturated heterocycles. The second-order valence-corrected chi connectivity index (χ2v) is 7.94. The van der Waals surface area contributed by atoms with Crippen LogP contribution in [0.3, 0.4) is 0 Å². The maximum atomic E-state index is 13.1. The highest BCUT2D eigenvalue weighted by Gasteiger charge is 2.34. The molecule has 0 aromatic carbocycles. The molecule has 0 saturated carbocycles. The number of rotatable bonds is 3. The predicted octanol–water partition coefficient (Wildman–Crippen LogP) is 3.64. The van der Waals surface area contributed by atoms with Crippen LogP contribution in [-0.4, -0.2) is 30.5 Å². The summed E-state index contributed by atoms with van der Waals surface area (Å²) in [5.74, 6) is -0.0551. The molecule has 0 fully saturated rings. The van der Waals surface area contributed by atoms with Gasteiger partial charge in [0.2, 0.25) is 5.95 Å². The molecule has 0 unspecified atom stereocenters. The monoisotopic (exact) mass is 356 g/mol.